The molecule has 2 aliphatic rings. The second kappa shape index (κ2) is 2.97. The zero-order valence-corrected chi connectivity index (χ0v) is 8.90. The first-order chi connectivity index (χ1) is 7.24. The van der Waals surface area contributed by atoms with E-state index >= 15 is 0 Å². The molecule has 1 amide bonds. The zero-order valence-electron chi connectivity index (χ0n) is 8.14. The lowest BCUT2D eigenvalue weighted by molar-refractivity contribution is -0.120. The molecule has 1 saturated heterocycles. The molecule has 15 heavy (non-hydrogen) atoms. The minimum Gasteiger partial charge on any atom is -0.325 e. The van der Waals surface area contributed by atoms with E-state index in [9.17, 15) is 4.79 Å². The average Bonchev–Trinajstić information content (AvgIpc) is 2.77. The molecule has 3 rings (SSSR count). The van der Waals surface area contributed by atoms with E-state index in [0.717, 1.165) is 24.2 Å². The van der Waals surface area contributed by atoms with E-state index < -0.39 is 5.41 Å². The van der Waals surface area contributed by atoms with Gasteiger partial charge in [0, 0.05) is 22.8 Å². The Kier molecular flexibility index (Phi) is 1.82. The van der Waals surface area contributed by atoms with Gasteiger partial charge >= 0.3 is 0 Å². The van der Waals surface area contributed by atoms with E-state index in [1.807, 2.05) is 18.2 Å². The number of carbonyl (C=O) groups excluding carboxylic acids is 1. The fraction of sp³-hybridized carbons (Fsp3) is 0.364. The van der Waals surface area contributed by atoms with Crippen LogP contribution in [0.4, 0.5) is 5.69 Å². The van der Waals surface area contributed by atoms with E-state index in [-0.39, 0.29) is 5.91 Å². The fourth-order valence-corrected chi connectivity index (χ4v) is 2.92. The van der Waals surface area contributed by atoms with Gasteiger partial charge in [0.1, 0.15) is 0 Å². The summed E-state index contributed by atoms with van der Waals surface area (Å²) >= 11 is 6.18. The third kappa shape index (κ3) is 1.08. The quantitative estimate of drug-likeness (QED) is 0.699. The molecule has 0 aliphatic carbocycles. The molecule has 1 aromatic carbocycles. The summed E-state index contributed by atoms with van der Waals surface area (Å²) in [5.41, 5.74) is 1.42. The Morgan fingerprint density at radius 1 is 1.40 bits per heavy atom. The van der Waals surface area contributed by atoms with Crippen molar-refractivity contribution in [2.75, 3.05) is 18.4 Å². The predicted octanol–water partition coefficient (Wildman–Crippen LogP) is 1.52. The normalized spacial score (nSPS) is 28.2. The summed E-state index contributed by atoms with van der Waals surface area (Å²) < 4.78 is 0. The van der Waals surface area contributed by atoms with Crippen LogP contribution in [0.25, 0.3) is 0 Å². The minimum atomic E-state index is -0.423. The van der Waals surface area contributed by atoms with Crippen LogP contribution in [0.15, 0.2) is 18.2 Å². The van der Waals surface area contributed by atoms with Gasteiger partial charge in [0.15, 0.2) is 0 Å². The van der Waals surface area contributed by atoms with E-state index in [0.29, 0.717) is 11.6 Å². The third-order valence-electron chi connectivity index (χ3n) is 3.33. The van der Waals surface area contributed by atoms with Crippen LogP contribution < -0.4 is 10.6 Å². The second-order valence-corrected chi connectivity index (χ2v) is 4.53. The highest BCUT2D eigenvalue weighted by atomic mass is 35.5. The monoisotopic (exact) mass is 222 g/mol. The largest absolute Gasteiger partial charge is 0.325 e. The molecule has 0 saturated carbocycles. The third-order valence-corrected chi connectivity index (χ3v) is 3.65. The first kappa shape index (κ1) is 9.19. The van der Waals surface area contributed by atoms with E-state index in [1.165, 1.54) is 0 Å². The number of amides is 1. The molecule has 3 nitrogen and oxygen atoms in total. The summed E-state index contributed by atoms with van der Waals surface area (Å²) in [5.74, 6) is 0.0793. The Balaban J connectivity index is 2.24. The predicted molar refractivity (Wildman–Crippen MR) is 59.2 cm³/mol. The van der Waals surface area contributed by atoms with Gasteiger partial charge < -0.3 is 10.6 Å². The van der Waals surface area contributed by atoms with Crippen LogP contribution in [0, 0.1) is 0 Å². The molecule has 0 aromatic heterocycles. The number of rotatable bonds is 0. The maximum absolute atomic E-state index is 12.0. The molecule has 1 fully saturated rings. The number of benzene rings is 1. The molecule has 78 valence electrons. The molecule has 0 bridgehead atoms. The van der Waals surface area contributed by atoms with Gasteiger partial charge in [-0.15, -0.1) is 0 Å². The first-order valence-corrected chi connectivity index (χ1v) is 5.43. The minimum absolute atomic E-state index is 0.0793. The summed E-state index contributed by atoms with van der Waals surface area (Å²) in [4.78, 5) is 12.0. The van der Waals surface area contributed by atoms with E-state index in [1.54, 1.807) is 0 Å². The molecule has 1 aromatic rings. The SMILES string of the molecule is O=C1Nc2cccc(Cl)c2[C@]12CCNC2. The molecule has 2 heterocycles. The molecular weight excluding hydrogens is 212 g/mol. The second-order valence-electron chi connectivity index (χ2n) is 4.13. The van der Waals surface area contributed by atoms with Crippen molar-refractivity contribution >= 4 is 23.2 Å². The number of hydrogen-bond donors (Lipinski definition) is 2. The highest BCUT2D eigenvalue weighted by Crippen LogP contribution is 2.45. The van der Waals surface area contributed by atoms with Crippen molar-refractivity contribution in [3.63, 3.8) is 0 Å². The van der Waals surface area contributed by atoms with Crippen molar-refractivity contribution in [3.8, 4) is 0 Å². The van der Waals surface area contributed by atoms with E-state index in [4.69, 9.17) is 11.6 Å². The summed E-state index contributed by atoms with van der Waals surface area (Å²) in [6, 6.07) is 5.62. The van der Waals surface area contributed by atoms with Crippen molar-refractivity contribution in [2.24, 2.45) is 0 Å². The maximum Gasteiger partial charge on any atom is 0.236 e. The van der Waals surface area contributed by atoms with Crippen molar-refractivity contribution in [3.05, 3.63) is 28.8 Å². The van der Waals surface area contributed by atoms with Gasteiger partial charge in [-0.2, -0.15) is 0 Å². The summed E-state index contributed by atoms with van der Waals surface area (Å²) in [6.45, 7) is 1.56. The van der Waals surface area contributed by atoms with Crippen molar-refractivity contribution < 1.29 is 4.79 Å². The lowest BCUT2D eigenvalue weighted by Gasteiger charge is -2.20. The topological polar surface area (TPSA) is 41.1 Å². The lowest BCUT2D eigenvalue weighted by Crippen LogP contribution is -2.36. The highest BCUT2D eigenvalue weighted by Gasteiger charge is 2.49. The van der Waals surface area contributed by atoms with Gasteiger partial charge in [0.2, 0.25) is 5.91 Å². The Bertz CT molecular complexity index is 438. The summed E-state index contributed by atoms with van der Waals surface area (Å²) in [6.07, 6.45) is 0.829. The summed E-state index contributed by atoms with van der Waals surface area (Å²) in [5, 5.41) is 6.83. The molecule has 4 heteroatoms. The Hall–Kier alpha value is -1.06. The van der Waals surface area contributed by atoms with Crippen molar-refractivity contribution in [1.82, 2.24) is 5.32 Å². The Labute approximate surface area is 92.8 Å². The Morgan fingerprint density at radius 3 is 3.00 bits per heavy atom. The zero-order chi connectivity index (χ0) is 10.5. The molecule has 1 atom stereocenters. The van der Waals surface area contributed by atoms with Crippen LogP contribution in [0.3, 0.4) is 0 Å². The van der Waals surface area contributed by atoms with Crippen LogP contribution in [0.5, 0.6) is 0 Å². The standard InChI is InChI=1S/C11H11ClN2O/c12-7-2-1-3-8-9(7)11(10(15)14-8)4-5-13-6-11/h1-3,13H,4-6H2,(H,14,15)/t11-/m1/s1. The van der Waals surface area contributed by atoms with Gasteiger partial charge in [-0.3, -0.25) is 4.79 Å². The van der Waals surface area contributed by atoms with Crippen LogP contribution >= 0.6 is 11.6 Å². The van der Waals surface area contributed by atoms with Crippen molar-refractivity contribution in [1.29, 1.82) is 0 Å². The molecule has 2 aliphatic heterocycles. The van der Waals surface area contributed by atoms with Crippen LogP contribution in [0.2, 0.25) is 5.02 Å². The molecule has 0 unspecified atom stereocenters. The van der Waals surface area contributed by atoms with Gasteiger partial charge in [-0.1, -0.05) is 17.7 Å². The molecule has 0 radical (unpaired) electrons. The molecule has 2 N–H and O–H groups in total. The Morgan fingerprint density at radius 2 is 2.27 bits per heavy atom. The van der Waals surface area contributed by atoms with Gasteiger partial charge in [-0.25, -0.2) is 0 Å². The fourth-order valence-electron chi connectivity index (χ4n) is 2.57. The molecular formula is C11H11ClN2O. The van der Waals surface area contributed by atoms with Gasteiger partial charge in [0.05, 0.1) is 5.41 Å². The number of anilines is 1. The highest BCUT2D eigenvalue weighted by molar-refractivity contribution is 6.33. The number of carbonyl (C=O) groups is 1. The van der Waals surface area contributed by atoms with Crippen LogP contribution in [-0.2, 0) is 10.2 Å². The van der Waals surface area contributed by atoms with Crippen molar-refractivity contribution in [2.45, 2.75) is 11.8 Å². The van der Waals surface area contributed by atoms with Gasteiger partial charge in [0.25, 0.3) is 0 Å². The smallest absolute Gasteiger partial charge is 0.236 e. The first-order valence-electron chi connectivity index (χ1n) is 5.05. The van der Waals surface area contributed by atoms with E-state index in [2.05, 4.69) is 10.6 Å². The number of halogens is 1. The number of nitrogens with one attached hydrogen (secondary N) is 2. The molecule has 1 spiro atoms. The summed E-state index contributed by atoms with van der Waals surface area (Å²) in [7, 11) is 0. The number of hydrogen-bond acceptors (Lipinski definition) is 2. The van der Waals surface area contributed by atoms with Crippen LogP contribution in [-0.4, -0.2) is 19.0 Å². The maximum atomic E-state index is 12.0. The lowest BCUT2D eigenvalue weighted by atomic mass is 9.81. The number of fused-ring (bicyclic) bond motifs is 2. The van der Waals surface area contributed by atoms with Gasteiger partial charge in [-0.05, 0) is 25.1 Å². The van der Waals surface area contributed by atoms with Crippen LogP contribution in [0.1, 0.15) is 12.0 Å². The average molecular weight is 223 g/mol.